The molecule has 3 aromatic carbocycles. The Balaban J connectivity index is 1.79. The molecule has 0 aliphatic heterocycles. The van der Waals surface area contributed by atoms with Crippen molar-refractivity contribution in [3.63, 3.8) is 0 Å². The molecule has 0 aliphatic rings. The van der Waals surface area contributed by atoms with Crippen LogP contribution in [0.25, 0.3) is 11.1 Å². The van der Waals surface area contributed by atoms with Crippen LogP contribution in [0.2, 0.25) is 5.02 Å². The molecule has 3 rings (SSSR count). The predicted molar refractivity (Wildman–Crippen MR) is 92.9 cm³/mol. The van der Waals surface area contributed by atoms with Gasteiger partial charge in [-0.15, -0.1) is 0 Å². The zero-order chi connectivity index (χ0) is 16.2. The number of aromatic hydroxyl groups is 1. The number of hydrogen-bond acceptors (Lipinski definition) is 2. The van der Waals surface area contributed by atoms with E-state index in [-0.39, 0.29) is 17.3 Å². The molecule has 0 saturated carbocycles. The molecule has 0 saturated heterocycles. The van der Waals surface area contributed by atoms with Crippen LogP contribution in [0.1, 0.15) is 10.4 Å². The Hall–Kier alpha value is -2.78. The fraction of sp³-hybridized carbons (Fsp3) is 0. The van der Waals surface area contributed by atoms with E-state index in [2.05, 4.69) is 5.32 Å². The first kappa shape index (κ1) is 15.1. The second-order valence-electron chi connectivity index (χ2n) is 5.06. The van der Waals surface area contributed by atoms with E-state index in [1.165, 1.54) is 12.1 Å². The minimum Gasteiger partial charge on any atom is -0.506 e. The van der Waals surface area contributed by atoms with Crippen LogP contribution in [0.4, 0.5) is 5.69 Å². The molecule has 1 amide bonds. The summed E-state index contributed by atoms with van der Waals surface area (Å²) in [5.41, 5.74) is 2.92. The summed E-state index contributed by atoms with van der Waals surface area (Å²) in [5, 5.41) is 12.8. The summed E-state index contributed by atoms with van der Waals surface area (Å²) in [5.74, 6) is -0.328. The Morgan fingerprint density at radius 2 is 1.52 bits per heavy atom. The fourth-order valence-electron chi connectivity index (χ4n) is 2.25. The molecule has 2 N–H and O–H groups in total. The minimum atomic E-state index is -0.304. The van der Waals surface area contributed by atoms with Crippen molar-refractivity contribution in [1.82, 2.24) is 0 Å². The molecule has 0 spiro atoms. The number of amides is 1. The van der Waals surface area contributed by atoms with Crippen molar-refractivity contribution in [1.29, 1.82) is 0 Å². The van der Waals surface area contributed by atoms with Crippen molar-refractivity contribution in [2.45, 2.75) is 0 Å². The number of rotatable bonds is 3. The molecular formula is C19H14ClNO2. The number of phenolic OH excluding ortho intramolecular Hbond substituents is 1. The average molecular weight is 324 g/mol. The molecule has 3 nitrogen and oxygen atoms in total. The minimum absolute atomic E-state index is 0.0244. The normalized spacial score (nSPS) is 10.3. The van der Waals surface area contributed by atoms with Gasteiger partial charge in [0.1, 0.15) is 5.75 Å². The average Bonchev–Trinajstić information content (AvgIpc) is 2.59. The molecule has 0 radical (unpaired) electrons. The highest BCUT2D eigenvalue weighted by Crippen LogP contribution is 2.27. The molecule has 0 bridgehead atoms. The van der Waals surface area contributed by atoms with E-state index in [0.29, 0.717) is 10.6 Å². The first-order valence-corrected chi connectivity index (χ1v) is 7.46. The Morgan fingerprint density at radius 3 is 2.22 bits per heavy atom. The van der Waals surface area contributed by atoms with E-state index in [9.17, 15) is 9.90 Å². The summed E-state index contributed by atoms with van der Waals surface area (Å²) in [6, 6.07) is 21.7. The van der Waals surface area contributed by atoms with Crippen LogP contribution in [0, 0.1) is 0 Å². The van der Waals surface area contributed by atoms with Crippen LogP contribution in [-0.2, 0) is 0 Å². The zero-order valence-corrected chi connectivity index (χ0v) is 12.9. The highest BCUT2D eigenvalue weighted by Gasteiger charge is 2.09. The third-order valence-corrected chi connectivity index (χ3v) is 3.70. The molecule has 0 unspecified atom stereocenters. The highest BCUT2D eigenvalue weighted by molar-refractivity contribution is 6.31. The van der Waals surface area contributed by atoms with Crippen molar-refractivity contribution in [3.8, 4) is 16.9 Å². The Morgan fingerprint density at radius 1 is 0.870 bits per heavy atom. The number of anilines is 1. The molecule has 0 heterocycles. The van der Waals surface area contributed by atoms with Crippen molar-refractivity contribution >= 4 is 23.2 Å². The van der Waals surface area contributed by atoms with Gasteiger partial charge in [0, 0.05) is 10.6 Å². The van der Waals surface area contributed by atoms with Gasteiger partial charge in [-0.1, -0.05) is 54.1 Å². The topological polar surface area (TPSA) is 49.3 Å². The summed E-state index contributed by atoms with van der Waals surface area (Å²) in [6.45, 7) is 0. The van der Waals surface area contributed by atoms with Crippen LogP contribution in [0.3, 0.4) is 0 Å². The van der Waals surface area contributed by atoms with Gasteiger partial charge in [0.15, 0.2) is 0 Å². The van der Waals surface area contributed by atoms with Gasteiger partial charge >= 0.3 is 0 Å². The highest BCUT2D eigenvalue weighted by atomic mass is 35.5. The summed E-state index contributed by atoms with van der Waals surface area (Å²) in [4.78, 5) is 12.3. The lowest BCUT2D eigenvalue weighted by Gasteiger charge is -2.08. The van der Waals surface area contributed by atoms with Crippen LogP contribution < -0.4 is 5.32 Å². The van der Waals surface area contributed by atoms with Gasteiger partial charge in [-0.2, -0.15) is 0 Å². The Bertz CT molecular complexity index is 830. The number of benzene rings is 3. The van der Waals surface area contributed by atoms with Crippen LogP contribution in [0.15, 0.2) is 72.8 Å². The smallest absolute Gasteiger partial charge is 0.255 e. The lowest BCUT2D eigenvalue weighted by Crippen LogP contribution is -2.11. The maximum atomic E-state index is 12.3. The first-order chi connectivity index (χ1) is 11.1. The van der Waals surface area contributed by atoms with Crippen molar-refractivity contribution in [2.24, 2.45) is 0 Å². The molecule has 0 aromatic heterocycles. The number of nitrogens with one attached hydrogen (secondary N) is 1. The second kappa shape index (κ2) is 6.55. The standard InChI is InChI=1S/C19H14ClNO2/c20-16-10-11-18(22)17(12-16)21-19(23)15-8-6-14(7-9-15)13-4-2-1-3-5-13/h1-12,22H,(H,21,23). The van der Waals surface area contributed by atoms with E-state index >= 15 is 0 Å². The van der Waals surface area contributed by atoms with Gasteiger partial charge in [0.05, 0.1) is 5.69 Å². The summed E-state index contributed by atoms with van der Waals surface area (Å²) >= 11 is 5.87. The van der Waals surface area contributed by atoms with Crippen LogP contribution in [-0.4, -0.2) is 11.0 Å². The summed E-state index contributed by atoms with van der Waals surface area (Å²) in [6.07, 6.45) is 0. The summed E-state index contributed by atoms with van der Waals surface area (Å²) in [7, 11) is 0. The molecule has 3 aromatic rings. The van der Waals surface area contributed by atoms with E-state index in [1.54, 1.807) is 18.2 Å². The van der Waals surface area contributed by atoms with Gasteiger partial charge in [0.25, 0.3) is 5.91 Å². The lowest BCUT2D eigenvalue weighted by molar-refractivity contribution is 0.102. The van der Waals surface area contributed by atoms with Gasteiger partial charge < -0.3 is 10.4 Å². The molecule has 0 fully saturated rings. The number of phenols is 1. The predicted octanol–water partition coefficient (Wildman–Crippen LogP) is 4.96. The molecule has 0 atom stereocenters. The zero-order valence-electron chi connectivity index (χ0n) is 12.2. The van der Waals surface area contributed by atoms with Gasteiger partial charge in [0.2, 0.25) is 0 Å². The molecular weight excluding hydrogens is 310 g/mol. The number of carbonyl (C=O) groups excluding carboxylic acids is 1. The molecule has 23 heavy (non-hydrogen) atoms. The second-order valence-corrected chi connectivity index (χ2v) is 5.50. The number of halogens is 1. The summed E-state index contributed by atoms with van der Waals surface area (Å²) < 4.78 is 0. The SMILES string of the molecule is O=C(Nc1cc(Cl)ccc1O)c1ccc(-c2ccccc2)cc1. The van der Waals surface area contributed by atoms with Gasteiger partial charge in [-0.05, 0) is 41.5 Å². The lowest BCUT2D eigenvalue weighted by atomic mass is 10.0. The van der Waals surface area contributed by atoms with Gasteiger partial charge in [-0.25, -0.2) is 0 Å². The maximum Gasteiger partial charge on any atom is 0.255 e. The third-order valence-electron chi connectivity index (χ3n) is 3.46. The van der Waals surface area contributed by atoms with Crippen molar-refractivity contribution in [3.05, 3.63) is 83.4 Å². The molecule has 114 valence electrons. The van der Waals surface area contributed by atoms with Crippen LogP contribution >= 0.6 is 11.6 Å². The van der Waals surface area contributed by atoms with E-state index in [1.807, 2.05) is 42.5 Å². The Kier molecular flexibility index (Phi) is 4.31. The first-order valence-electron chi connectivity index (χ1n) is 7.09. The van der Waals surface area contributed by atoms with Gasteiger partial charge in [-0.3, -0.25) is 4.79 Å². The molecule has 0 aliphatic carbocycles. The Labute approximate surface area is 139 Å². The molecule has 4 heteroatoms. The fourth-order valence-corrected chi connectivity index (χ4v) is 2.42. The maximum absolute atomic E-state index is 12.3. The number of hydrogen-bond donors (Lipinski definition) is 2. The van der Waals surface area contributed by atoms with E-state index in [4.69, 9.17) is 11.6 Å². The monoisotopic (exact) mass is 323 g/mol. The van der Waals surface area contributed by atoms with E-state index in [0.717, 1.165) is 11.1 Å². The van der Waals surface area contributed by atoms with Crippen LogP contribution in [0.5, 0.6) is 5.75 Å². The van der Waals surface area contributed by atoms with Crippen molar-refractivity contribution in [2.75, 3.05) is 5.32 Å². The third kappa shape index (κ3) is 3.52. The van der Waals surface area contributed by atoms with E-state index < -0.39 is 0 Å². The largest absolute Gasteiger partial charge is 0.506 e. The number of carbonyl (C=O) groups is 1. The van der Waals surface area contributed by atoms with Crippen molar-refractivity contribution < 1.29 is 9.90 Å². The quantitative estimate of drug-likeness (QED) is 0.669.